The third-order valence-electron chi connectivity index (χ3n) is 4.58. The van der Waals surface area contributed by atoms with Crippen molar-refractivity contribution in [2.75, 3.05) is 7.11 Å². The van der Waals surface area contributed by atoms with Crippen molar-refractivity contribution < 1.29 is 46.2 Å². The molecule has 0 aromatic heterocycles. The van der Waals surface area contributed by atoms with Crippen molar-refractivity contribution in [1.29, 1.82) is 0 Å². The second-order valence-corrected chi connectivity index (χ2v) is 7.49. The van der Waals surface area contributed by atoms with Gasteiger partial charge >= 0.3 is 17.8 Å². The SMILES string of the molecule is COC(=O)C(C)Oc1ccccc1Oc1cc(Oc2c(F)cc(C(F)(F)F)cc2Cl)ccc1[N+](=O)[O-]. The van der Waals surface area contributed by atoms with E-state index in [0.717, 1.165) is 18.2 Å². The predicted octanol–water partition coefficient (Wildman–Crippen LogP) is 6.93. The summed E-state index contributed by atoms with van der Waals surface area (Å²) < 4.78 is 74.0. The Balaban J connectivity index is 1.96. The van der Waals surface area contributed by atoms with Crippen LogP contribution in [0.15, 0.2) is 54.6 Å². The summed E-state index contributed by atoms with van der Waals surface area (Å²) in [7, 11) is 1.17. The van der Waals surface area contributed by atoms with E-state index in [0.29, 0.717) is 6.07 Å². The molecule has 0 bridgehead atoms. The van der Waals surface area contributed by atoms with E-state index < -0.39 is 51.0 Å². The first-order valence-electron chi connectivity index (χ1n) is 9.94. The zero-order valence-corrected chi connectivity index (χ0v) is 19.2. The standard InChI is InChI=1S/C23H16ClF4NO7/c1-12(22(30)33-2)34-18-5-3-4-6-19(18)36-20-11-14(7-8-17(20)29(31)32)35-21-15(24)9-13(10-16(21)25)23(26,27)28/h3-12H,1-2H3. The average molecular weight is 530 g/mol. The average Bonchev–Trinajstić information content (AvgIpc) is 2.81. The lowest BCUT2D eigenvalue weighted by Crippen LogP contribution is -2.25. The van der Waals surface area contributed by atoms with Crippen molar-refractivity contribution in [2.24, 2.45) is 0 Å². The molecule has 3 aromatic carbocycles. The Hall–Kier alpha value is -4.06. The van der Waals surface area contributed by atoms with Gasteiger partial charge in [-0.3, -0.25) is 10.1 Å². The summed E-state index contributed by atoms with van der Waals surface area (Å²) in [5.74, 6) is -3.37. The number of carbonyl (C=O) groups excluding carboxylic acids is 1. The number of nitro benzene ring substituents is 1. The smallest absolute Gasteiger partial charge is 0.416 e. The molecular weight excluding hydrogens is 514 g/mol. The van der Waals surface area contributed by atoms with E-state index in [-0.39, 0.29) is 29.1 Å². The molecule has 0 heterocycles. The summed E-state index contributed by atoms with van der Waals surface area (Å²) in [6.45, 7) is 1.42. The van der Waals surface area contributed by atoms with Crippen molar-refractivity contribution in [3.05, 3.63) is 81.1 Å². The first-order valence-corrected chi connectivity index (χ1v) is 10.3. The second-order valence-electron chi connectivity index (χ2n) is 7.09. The van der Waals surface area contributed by atoms with Crippen LogP contribution in [-0.2, 0) is 15.7 Å². The molecule has 0 aliphatic carbocycles. The Bertz CT molecular complexity index is 1280. The van der Waals surface area contributed by atoms with E-state index in [9.17, 15) is 32.5 Å². The zero-order chi connectivity index (χ0) is 26.6. The molecule has 0 amide bonds. The summed E-state index contributed by atoms with van der Waals surface area (Å²) in [4.78, 5) is 22.4. The lowest BCUT2D eigenvalue weighted by molar-refractivity contribution is -0.385. The lowest BCUT2D eigenvalue weighted by atomic mass is 10.2. The molecule has 13 heteroatoms. The number of nitro groups is 1. The van der Waals surface area contributed by atoms with E-state index in [2.05, 4.69) is 4.74 Å². The number of methoxy groups -OCH3 is 1. The van der Waals surface area contributed by atoms with Crippen molar-refractivity contribution in [2.45, 2.75) is 19.2 Å². The summed E-state index contributed by atoms with van der Waals surface area (Å²) in [5.41, 5.74) is -1.83. The largest absolute Gasteiger partial charge is 0.475 e. The highest BCUT2D eigenvalue weighted by Crippen LogP contribution is 2.42. The third kappa shape index (κ3) is 6.13. The Kier molecular flexibility index (Phi) is 7.88. The first-order chi connectivity index (χ1) is 16.9. The summed E-state index contributed by atoms with van der Waals surface area (Å²) in [5, 5.41) is 10.8. The van der Waals surface area contributed by atoms with Gasteiger partial charge in [0.05, 0.1) is 22.6 Å². The van der Waals surface area contributed by atoms with Gasteiger partial charge in [0.1, 0.15) is 5.75 Å². The fourth-order valence-corrected chi connectivity index (χ4v) is 3.13. The molecule has 0 fully saturated rings. The number of hydrogen-bond donors (Lipinski definition) is 0. The molecule has 0 aliphatic heterocycles. The van der Waals surface area contributed by atoms with Gasteiger partial charge in [0, 0.05) is 12.1 Å². The van der Waals surface area contributed by atoms with Gasteiger partial charge in [0.2, 0.25) is 5.75 Å². The van der Waals surface area contributed by atoms with Gasteiger partial charge < -0.3 is 18.9 Å². The fourth-order valence-electron chi connectivity index (χ4n) is 2.88. The number of hydrogen-bond acceptors (Lipinski definition) is 7. The Morgan fingerprint density at radius 1 is 1.03 bits per heavy atom. The van der Waals surface area contributed by atoms with Crippen LogP contribution in [0.5, 0.6) is 28.7 Å². The molecule has 0 saturated carbocycles. The molecule has 1 unspecified atom stereocenters. The van der Waals surface area contributed by atoms with Crippen molar-refractivity contribution in [3.63, 3.8) is 0 Å². The maximum absolute atomic E-state index is 14.3. The minimum Gasteiger partial charge on any atom is -0.475 e. The fraction of sp³-hybridized carbons (Fsp3) is 0.174. The van der Waals surface area contributed by atoms with Crippen LogP contribution in [0.1, 0.15) is 12.5 Å². The Morgan fingerprint density at radius 3 is 2.28 bits per heavy atom. The lowest BCUT2D eigenvalue weighted by Gasteiger charge is -2.16. The molecule has 3 aromatic rings. The van der Waals surface area contributed by atoms with Crippen LogP contribution in [0.3, 0.4) is 0 Å². The summed E-state index contributed by atoms with van der Waals surface area (Å²) in [6, 6.07) is 9.73. The maximum atomic E-state index is 14.3. The van der Waals surface area contributed by atoms with E-state index in [1.807, 2.05) is 0 Å². The van der Waals surface area contributed by atoms with Gasteiger partial charge in [-0.05, 0) is 37.3 Å². The molecule has 190 valence electrons. The number of rotatable bonds is 8. The molecule has 1 atom stereocenters. The predicted molar refractivity (Wildman–Crippen MR) is 118 cm³/mol. The van der Waals surface area contributed by atoms with Crippen molar-refractivity contribution in [3.8, 4) is 28.7 Å². The highest BCUT2D eigenvalue weighted by atomic mass is 35.5. The number of alkyl halides is 3. The monoisotopic (exact) mass is 529 g/mol. The van der Waals surface area contributed by atoms with Crippen LogP contribution in [0.2, 0.25) is 5.02 Å². The normalized spacial score (nSPS) is 12.0. The molecule has 0 spiro atoms. The van der Waals surface area contributed by atoms with E-state index in [1.54, 1.807) is 6.07 Å². The number of nitrogens with zero attached hydrogens (tertiary/aromatic N) is 1. The van der Waals surface area contributed by atoms with Crippen LogP contribution in [0, 0.1) is 15.9 Å². The number of ether oxygens (including phenoxy) is 4. The highest BCUT2D eigenvalue weighted by molar-refractivity contribution is 6.32. The van der Waals surface area contributed by atoms with Crippen LogP contribution in [-0.4, -0.2) is 24.1 Å². The number of esters is 1. The van der Waals surface area contributed by atoms with Gasteiger partial charge in [-0.2, -0.15) is 13.2 Å². The van der Waals surface area contributed by atoms with Crippen LogP contribution in [0.25, 0.3) is 0 Å². The van der Waals surface area contributed by atoms with Crippen molar-refractivity contribution in [1.82, 2.24) is 0 Å². The van der Waals surface area contributed by atoms with E-state index in [1.165, 1.54) is 32.2 Å². The Morgan fingerprint density at radius 2 is 1.69 bits per heavy atom. The quantitative estimate of drug-likeness (QED) is 0.135. The molecule has 0 aliphatic rings. The summed E-state index contributed by atoms with van der Waals surface area (Å²) in [6.07, 6.45) is -5.87. The summed E-state index contributed by atoms with van der Waals surface area (Å²) >= 11 is 5.79. The number of carbonyl (C=O) groups is 1. The van der Waals surface area contributed by atoms with E-state index >= 15 is 0 Å². The maximum Gasteiger partial charge on any atom is 0.416 e. The highest BCUT2D eigenvalue weighted by Gasteiger charge is 2.33. The van der Waals surface area contributed by atoms with E-state index in [4.69, 9.17) is 25.8 Å². The minimum atomic E-state index is -4.84. The number of para-hydroxylation sites is 2. The molecule has 8 nitrogen and oxygen atoms in total. The molecule has 36 heavy (non-hydrogen) atoms. The first kappa shape index (κ1) is 26.5. The molecule has 0 N–H and O–H groups in total. The van der Waals surface area contributed by atoms with Crippen LogP contribution in [0.4, 0.5) is 23.2 Å². The van der Waals surface area contributed by atoms with Gasteiger partial charge in [0.25, 0.3) is 0 Å². The van der Waals surface area contributed by atoms with Gasteiger partial charge in [-0.15, -0.1) is 0 Å². The Labute approximate surface area is 206 Å². The van der Waals surface area contributed by atoms with Gasteiger partial charge in [-0.25, -0.2) is 9.18 Å². The number of benzene rings is 3. The van der Waals surface area contributed by atoms with Gasteiger partial charge in [0.15, 0.2) is 29.2 Å². The second kappa shape index (κ2) is 10.7. The third-order valence-corrected chi connectivity index (χ3v) is 4.86. The van der Waals surface area contributed by atoms with Crippen LogP contribution >= 0.6 is 11.6 Å². The molecule has 0 radical (unpaired) electrons. The van der Waals surface area contributed by atoms with Crippen molar-refractivity contribution >= 4 is 23.3 Å². The molecular formula is C23H16ClF4NO7. The number of halogens is 5. The van der Waals surface area contributed by atoms with Gasteiger partial charge in [-0.1, -0.05) is 23.7 Å². The van der Waals surface area contributed by atoms with Crippen LogP contribution < -0.4 is 14.2 Å². The zero-order valence-electron chi connectivity index (χ0n) is 18.5. The molecule has 3 rings (SSSR count). The topological polar surface area (TPSA) is 97.1 Å². The molecule has 0 saturated heterocycles. The minimum absolute atomic E-state index is 0.0211.